The van der Waals surface area contributed by atoms with Gasteiger partial charge in [-0.05, 0) is 6.92 Å². The number of halogens is 5. The summed E-state index contributed by atoms with van der Waals surface area (Å²) in [6, 6.07) is 0. The molecule has 1 rings (SSSR count). The predicted molar refractivity (Wildman–Crippen MR) is 63.4 cm³/mol. The Morgan fingerprint density at radius 2 is 2.10 bits per heavy atom. The van der Waals surface area contributed by atoms with Crippen molar-refractivity contribution >= 4 is 17.4 Å². The van der Waals surface area contributed by atoms with E-state index in [-0.39, 0.29) is 11.6 Å². The third-order valence-electron chi connectivity index (χ3n) is 2.52. The standard InChI is InChI=1S/C11H13ClF4N2O2/c1-6-8(9(12)18(2)17-6)3-7(19)4-20-5-11(15,16)10(13)14/h10H,3-5H2,1-2H3. The van der Waals surface area contributed by atoms with Crippen molar-refractivity contribution in [3.05, 3.63) is 16.4 Å². The smallest absolute Gasteiger partial charge is 0.330 e. The van der Waals surface area contributed by atoms with Crippen molar-refractivity contribution in [3.8, 4) is 0 Å². The molecule has 1 aromatic heterocycles. The highest BCUT2D eigenvalue weighted by atomic mass is 35.5. The van der Waals surface area contributed by atoms with Gasteiger partial charge in [0.2, 0.25) is 0 Å². The van der Waals surface area contributed by atoms with Gasteiger partial charge in [-0.1, -0.05) is 11.6 Å². The van der Waals surface area contributed by atoms with Gasteiger partial charge in [-0.3, -0.25) is 9.48 Å². The van der Waals surface area contributed by atoms with Gasteiger partial charge in [0.25, 0.3) is 0 Å². The number of aromatic nitrogens is 2. The molecule has 0 amide bonds. The van der Waals surface area contributed by atoms with Crippen molar-refractivity contribution in [2.45, 2.75) is 25.7 Å². The Hall–Kier alpha value is -1.15. The molecule has 0 fully saturated rings. The molecule has 0 aromatic carbocycles. The molecule has 0 spiro atoms. The highest BCUT2D eigenvalue weighted by Crippen LogP contribution is 2.23. The van der Waals surface area contributed by atoms with Crippen LogP contribution in [-0.2, 0) is 23.0 Å². The average Bonchev–Trinajstić information content (AvgIpc) is 2.55. The van der Waals surface area contributed by atoms with Gasteiger partial charge in [-0.15, -0.1) is 0 Å². The molecule has 0 radical (unpaired) electrons. The largest absolute Gasteiger partial charge is 0.367 e. The fourth-order valence-corrected chi connectivity index (χ4v) is 1.73. The van der Waals surface area contributed by atoms with E-state index in [2.05, 4.69) is 9.84 Å². The summed E-state index contributed by atoms with van der Waals surface area (Å²) in [5.41, 5.74) is 0.993. The summed E-state index contributed by atoms with van der Waals surface area (Å²) in [6.07, 6.45) is -3.98. The summed E-state index contributed by atoms with van der Waals surface area (Å²) in [7, 11) is 1.59. The van der Waals surface area contributed by atoms with Crippen molar-refractivity contribution in [2.75, 3.05) is 13.2 Å². The number of ether oxygens (including phenoxy) is 1. The molecule has 1 aromatic rings. The van der Waals surface area contributed by atoms with E-state index < -0.39 is 31.3 Å². The molecule has 4 nitrogen and oxygen atoms in total. The number of rotatable bonds is 7. The van der Waals surface area contributed by atoms with Crippen LogP contribution in [-0.4, -0.2) is 41.1 Å². The first-order valence-corrected chi connectivity index (χ1v) is 5.96. The van der Waals surface area contributed by atoms with Crippen molar-refractivity contribution in [1.82, 2.24) is 9.78 Å². The SMILES string of the molecule is Cc1nn(C)c(Cl)c1CC(=O)COCC(F)(F)C(F)F. The molecule has 0 aliphatic carbocycles. The van der Waals surface area contributed by atoms with E-state index >= 15 is 0 Å². The lowest BCUT2D eigenvalue weighted by Gasteiger charge is -2.14. The minimum atomic E-state index is -4.26. The lowest BCUT2D eigenvalue weighted by molar-refractivity contribution is -0.168. The van der Waals surface area contributed by atoms with E-state index in [1.807, 2.05) is 0 Å². The Balaban J connectivity index is 2.49. The van der Waals surface area contributed by atoms with Gasteiger partial charge in [-0.2, -0.15) is 13.9 Å². The van der Waals surface area contributed by atoms with E-state index in [0.717, 1.165) is 0 Å². The molecule has 9 heteroatoms. The van der Waals surface area contributed by atoms with Crippen LogP contribution in [0.15, 0.2) is 0 Å². The number of Topliss-reactive ketones (excluding diaryl/α,β-unsaturated/α-hetero) is 1. The molecule has 0 saturated carbocycles. The Morgan fingerprint density at radius 3 is 2.55 bits per heavy atom. The molecule has 114 valence electrons. The summed E-state index contributed by atoms with van der Waals surface area (Å²) in [5, 5.41) is 4.24. The maximum atomic E-state index is 12.5. The van der Waals surface area contributed by atoms with Crippen LogP contribution in [0, 0.1) is 6.92 Å². The van der Waals surface area contributed by atoms with E-state index in [0.29, 0.717) is 11.3 Å². The van der Waals surface area contributed by atoms with Gasteiger partial charge in [0, 0.05) is 19.0 Å². The average molecular weight is 317 g/mol. The van der Waals surface area contributed by atoms with Crippen LogP contribution in [0.5, 0.6) is 0 Å². The molecule has 0 aliphatic heterocycles. The van der Waals surface area contributed by atoms with Gasteiger partial charge < -0.3 is 4.74 Å². The number of ketones is 1. The summed E-state index contributed by atoms with van der Waals surface area (Å²) in [4.78, 5) is 11.5. The topological polar surface area (TPSA) is 44.1 Å². The van der Waals surface area contributed by atoms with Crippen molar-refractivity contribution in [3.63, 3.8) is 0 Å². The normalized spacial score (nSPS) is 12.2. The fraction of sp³-hybridized carbons (Fsp3) is 0.636. The van der Waals surface area contributed by atoms with Crippen molar-refractivity contribution in [2.24, 2.45) is 7.05 Å². The number of hydrogen-bond acceptors (Lipinski definition) is 3. The molecular weight excluding hydrogens is 304 g/mol. The molecule has 1 heterocycles. The van der Waals surface area contributed by atoms with Gasteiger partial charge in [-0.25, -0.2) is 8.78 Å². The fourth-order valence-electron chi connectivity index (χ4n) is 1.49. The first-order valence-electron chi connectivity index (χ1n) is 5.58. The van der Waals surface area contributed by atoms with E-state index in [1.165, 1.54) is 4.68 Å². The summed E-state index contributed by atoms with van der Waals surface area (Å²) >= 11 is 5.89. The van der Waals surface area contributed by atoms with Crippen LogP contribution in [0.3, 0.4) is 0 Å². The lowest BCUT2D eigenvalue weighted by atomic mass is 10.1. The molecule has 0 aliphatic rings. The molecule has 0 saturated heterocycles. The zero-order valence-corrected chi connectivity index (χ0v) is 11.6. The Kier molecular flexibility index (Phi) is 5.52. The van der Waals surface area contributed by atoms with Crippen LogP contribution in [0.2, 0.25) is 5.15 Å². The molecule has 0 bridgehead atoms. The van der Waals surface area contributed by atoms with E-state index in [1.54, 1.807) is 14.0 Å². The third kappa shape index (κ3) is 4.17. The maximum absolute atomic E-state index is 12.5. The summed E-state index contributed by atoms with van der Waals surface area (Å²) in [6.45, 7) is -0.552. The summed E-state index contributed by atoms with van der Waals surface area (Å²) in [5.74, 6) is -4.81. The first-order chi connectivity index (χ1) is 9.15. The number of hydrogen-bond donors (Lipinski definition) is 0. The van der Waals surface area contributed by atoms with E-state index in [4.69, 9.17) is 11.6 Å². The van der Waals surface area contributed by atoms with E-state index in [9.17, 15) is 22.4 Å². The molecule has 0 N–H and O–H groups in total. The number of carbonyl (C=O) groups is 1. The third-order valence-corrected chi connectivity index (χ3v) is 2.99. The number of carbonyl (C=O) groups excluding carboxylic acids is 1. The second-order valence-corrected chi connectivity index (χ2v) is 4.61. The van der Waals surface area contributed by atoms with Crippen LogP contribution in [0.1, 0.15) is 11.3 Å². The quantitative estimate of drug-likeness (QED) is 0.726. The second-order valence-electron chi connectivity index (χ2n) is 4.25. The van der Waals surface area contributed by atoms with Gasteiger partial charge >= 0.3 is 12.3 Å². The van der Waals surface area contributed by atoms with Gasteiger partial charge in [0.1, 0.15) is 18.4 Å². The minimum Gasteiger partial charge on any atom is -0.367 e. The molecule has 20 heavy (non-hydrogen) atoms. The van der Waals surface area contributed by atoms with Crippen molar-refractivity contribution in [1.29, 1.82) is 0 Å². The second kappa shape index (κ2) is 6.53. The first kappa shape index (κ1) is 16.9. The van der Waals surface area contributed by atoms with Crippen LogP contribution in [0.4, 0.5) is 17.6 Å². The summed E-state index contributed by atoms with van der Waals surface area (Å²) < 4.78 is 54.5. The number of aryl methyl sites for hydroxylation is 2. The number of alkyl halides is 4. The van der Waals surface area contributed by atoms with Crippen LogP contribution >= 0.6 is 11.6 Å². The Bertz CT molecular complexity index is 491. The Morgan fingerprint density at radius 1 is 1.50 bits per heavy atom. The predicted octanol–water partition coefficient (Wildman–Crippen LogP) is 2.41. The lowest BCUT2D eigenvalue weighted by Crippen LogP contribution is -2.33. The zero-order chi connectivity index (χ0) is 15.5. The van der Waals surface area contributed by atoms with Crippen LogP contribution in [0.25, 0.3) is 0 Å². The molecular formula is C11H13ClF4N2O2. The Labute approximate surface area is 117 Å². The van der Waals surface area contributed by atoms with Crippen LogP contribution < -0.4 is 0 Å². The maximum Gasteiger partial charge on any atom is 0.330 e. The van der Waals surface area contributed by atoms with Gasteiger partial charge in [0.05, 0.1) is 5.69 Å². The highest BCUT2D eigenvalue weighted by molar-refractivity contribution is 6.30. The van der Waals surface area contributed by atoms with Gasteiger partial charge in [0.15, 0.2) is 5.78 Å². The molecule has 0 atom stereocenters. The zero-order valence-electron chi connectivity index (χ0n) is 10.8. The molecule has 0 unspecified atom stereocenters. The monoisotopic (exact) mass is 316 g/mol. The van der Waals surface area contributed by atoms with Crippen molar-refractivity contribution < 1.29 is 27.1 Å². The number of nitrogens with zero attached hydrogens (tertiary/aromatic N) is 2. The highest BCUT2D eigenvalue weighted by Gasteiger charge is 2.41. The minimum absolute atomic E-state index is 0.154.